The molecule has 0 aromatic heterocycles. The van der Waals surface area contributed by atoms with Crippen LogP contribution in [-0.2, 0) is 10.2 Å². The van der Waals surface area contributed by atoms with E-state index >= 15 is 0 Å². The van der Waals surface area contributed by atoms with Crippen molar-refractivity contribution >= 4 is 23.2 Å². The molecule has 1 aliphatic heterocycles. The second kappa shape index (κ2) is 11.5. The van der Waals surface area contributed by atoms with E-state index in [1.807, 2.05) is 30.3 Å². The van der Waals surface area contributed by atoms with Crippen LogP contribution in [-0.4, -0.2) is 53.5 Å². The Hall–Kier alpha value is -2.86. The predicted molar refractivity (Wildman–Crippen MR) is 148 cm³/mol. The van der Waals surface area contributed by atoms with Crippen LogP contribution in [0.4, 0.5) is 5.69 Å². The van der Waals surface area contributed by atoms with E-state index in [4.69, 9.17) is 11.6 Å². The number of anilines is 1. The molecule has 1 aliphatic rings. The monoisotopic (exact) mass is 505 g/mol. The molecule has 3 aromatic carbocycles. The summed E-state index contributed by atoms with van der Waals surface area (Å²) < 4.78 is 0. The molecule has 36 heavy (non-hydrogen) atoms. The fraction of sp³-hybridized carbons (Fsp3) is 0.367. The van der Waals surface area contributed by atoms with E-state index in [2.05, 4.69) is 72.3 Å². The molecule has 0 spiro atoms. The highest BCUT2D eigenvalue weighted by atomic mass is 35.5. The maximum absolute atomic E-state index is 12.7. The van der Waals surface area contributed by atoms with Crippen molar-refractivity contribution in [2.75, 3.05) is 38.0 Å². The van der Waals surface area contributed by atoms with Crippen LogP contribution >= 0.6 is 11.6 Å². The molecule has 0 saturated carbocycles. The molecule has 0 aliphatic carbocycles. The van der Waals surface area contributed by atoms with Crippen molar-refractivity contribution in [3.8, 4) is 5.75 Å². The summed E-state index contributed by atoms with van der Waals surface area (Å²) in [7, 11) is 0. The Balaban J connectivity index is 1.34. The van der Waals surface area contributed by atoms with Crippen LogP contribution in [0.25, 0.3) is 0 Å². The van der Waals surface area contributed by atoms with Crippen LogP contribution < -0.4 is 5.32 Å². The number of rotatable bonds is 7. The van der Waals surface area contributed by atoms with Gasteiger partial charge in [0.05, 0.1) is 11.7 Å². The van der Waals surface area contributed by atoms with Crippen LogP contribution in [0.15, 0.2) is 72.8 Å². The number of phenolic OH excluding ortho intramolecular Hbond substituents is 1. The Morgan fingerprint density at radius 3 is 2.22 bits per heavy atom. The summed E-state index contributed by atoms with van der Waals surface area (Å²) in [6, 6.07) is 24.3. The van der Waals surface area contributed by atoms with Gasteiger partial charge in [-0.25, -0.2) is 0 Å². The van der Waals surface area contributed by atoms with Gasteiger partial charge < -0.3 is 15.3 Å². The zero-order valence-electron chi connectivity index (χ0n) is 21.4. The van der Waals surface area contributed by atoms with Crippen molar-refractivity contribution in [1.82, 2.24) is 9.80 Å². The molecule has 1 heterocycles. The molecule has 4 rings (SSSR count). The second-order valence-electron chi connectivity index (χ2n) is 10.5. The van der Waals surface area contributed by atoms with Crippen LogP contribution in [0.2, 0.25) is 5.02 Å². The van der Waals surface area contributed by atoms with Crippen molar-refractivity contribution in [3.05, 3.63) is 94.5 Å². The Bertz CT molecular complexity index is 1150. The largest absolute Gasteiger partial charge is 0.506 e. The average Bonchev–Trinajstić information content (AvgIpc) is 2.86. The van der Waals surface area contributed by atoms with E-state index in [1.54, 1.807) is 6.07 Å². The van der Waals surface area contributed by atoms with Crippen molar-refractivity contribution in [2.24, 2.45) is 0 Å². The third kappa shape index (κ3) is 6.67. The number of benzene rings is 3. The van der Waals surface area contributed by atoms with Crippen LogP contribution in [0.3, 0.4) is 0 Å². The van der Waals surface area contributed by atoms with E-state index in [-0.39, 0.29) is 23.1 Å². The lowest BCUT2D eigenvalue weighted by Gasteiger charge is -2.39. The number of nitrogens with one attached hydrogen (secondary N) is 1. The van der Waals surface area contributed by atoms with E-state index in [0.29, 0.717) is 18.7 Å². The molecule has 1 amide bonds. The maximum atomic E-state index is 12.7. The van der Waals surface area contributed by atoms with Crippen molar-refractivity contribution in [1.29, 1.82) is 0 Å². The topological polar surface area (TPSA) is 55.8 Å². The van der Waals surface area contributed by atoms with Gasteiger partial charge in [0.2, 0.25) is 5.91 Å². The SMILES string of the molecule is CC(C)(C)c1ccc(O)c(NC(=O)CCN2CCN(C(c3ccccc3)c3ccc(Cl)cc3)CC2)c1. The molecule has 5 nitrogen and oxygen atoms in total. The number of hydrogen-bond donors (Lipinski definition) is 2. The molecule has 2 N–H and O–H groups in total. The zero-order chi connectivity index (χ0) is 25.7. The smallest absolute Gasteiger partial charge is 0.225 e. The third-order valence-corrected chi connectivity index (χ3v) is 7.12. The van der Waals surface area contributed by atoms with Gasteiger partial charge in [-0.3, -0.25) is 9.69 Å². The lowest BCUT2D eigenvalue weighted by atomic mass is 9.87. The molecule has 6 heteroatoms. The molecule has 1 unspecified atom stereocenters. The summed E-state index contributed by atoms with van der Waals surface area (Å²) in [5.74, 6) is 0.0150. The number of amides is 1. The minimum Gasteiger partial charge on any atom is -0.506 e. The number of phenols is 1. The number of carbonyl (C=O) groups excluding carboxylic acids is 1. The number of aromatic hydroxyl groups is 1. The van der Waals surface area contributed by atoms with Gasteiger partial charge in [-0.2, -0.15) is 0 Å². The lowest BCUT2D eigenvalue weighted by molar-refractivity contribution is -0.116. The van der Waals surface area contributed by atoms with Crippen molar-refractivity contribution in [3.63, 3.8) is 0 Å². The normalized spacial score (nSPS) is 16.0. The van der Waals surface area contributed by atoms with Gasteiger partial charge in [-0.15, -0.1) is 0 Å². The molecular formula is C30H36ClN3O2. The Labute approximate surface area is 219 Å². The first-order chi connectivity index (χ1) is 17.2. The lowest BCUT2D eigenvalue weighted by Crippen LogP contribution is -2.48. The van der Waals surface area contributed by atoms with Gasteiger partial charge in [-0.05, 0) is 46.4 Å². The first kappa shape index (κ1) is 26.2. The zero-order valence-corrected chi connectivity index (χ0v) is 22.1. The fourth-order valence-corrected chi connectivity index (χ4v) is 4.84. The average molecular weight is 506 g/mol. The van der Waals surface area contributed by atoms with Crippen LogP contribution in [0.5, 0.6) is 5.75 Å². The van der Waals surface area contributed by atoms with E-state index in [0.717, 1.165) is 36.8 Å². The summed E-state index contributed by atoms with van der Waals surface area (Å²) >= 11 is 6.15. The van der Waals surface area contributed by atoms with E-state index in [1.165, 1.54) is 11.1 Å². The molecule has 1 fully saturated rings. The summed E-state index contributed by atoms with van der Waals surface area (Å²) in [5, 5.41) is 13.9. The molecule has 1 atom stereocenters. The van der Waals surface area contributed by atoms with Crippen molar-refractivity contribution in [2.45, 2.75) is 38.6 Å². The van der Waals surface area contributed by atoms with Gasteiger partial charge in [0, 0.05) is 44.2 Å². The number of carbonyl (C=O) groups is 1. The minimum absolute atomic E-state index is 0.0591. The highest BCUT2D eigenvalue weighted by molar-refractivity contribution is 6.30. The number of piperazine rings is 1. The summed E-state index contributed by atoms with van der Waals surface area (Å²) in [6.07, 6.45) is 0.387. The van der Waals surface area contributed by atoms with Crippen molar-refractivity contribution < 1.29 is 9.90 Å². The molecular weight excluding hydrogens is 470 g/mol. The molecule has 1 saturated heterocycles. The third-order valence-electron chi connectivity index (χ3n) is 6.86. The summed E-state index contributed by atoms with van der Waals surface area (Å²) in [6.45, 7) is 10.6. The van der Waals surface area contributed by atoms with Gasteiger partial charge in [-0.1, -0.05) is 80.9 Å². The Kier molecular flexibility index (Phi) is 8.35. The second-order valence-corrected chi connectivity index (χ2v) is 11.0. The number of halogens is 1. The van der Waals surface area contributed by atoms with Gasteiger partial charge in [0.1, 0.15) is 5.75 Å². The fourth-order valence-electron chi connectivity index (χ4n) is 4.71. The molecule has 3 aromatic rings. The Morgan fingerprint density at radius 1 is 0.944 bits per heavy atom. The van der Waals surface area contributed by atoms with Gasteiger partial charge in [0.25, 0.3) is 0 Å². The number of hydrogen-bond acceptors (Lipinski definition) is 4. The first-order valence-corrected chi connectivity index (χ1v) is 13.0. The Morgan fingerprint density at radius 2 is 1.58 bits per heavy atom. The predicted octanol–water partition coefficient (Wildman–Crippen LogP) is 6.08. The molecule has 0 bridgehead atoms. The highest BCUT2D eigenvalue weighted by Crippen LogP contribution is 2.32. The van der Waals surface area contributed by atoms with Crippen LogP contribution in [0.1, 0.15) is 49.9 Å². The molecule has 190 valence electrons. The first-order valence-electron chi connectivity index (χ1n) is 12.6. The van der Waals surface area contributed by atoms with Crippen LogP contribution in [0, 0.1) is 0 Å². The maximum Gasteiger partial charge on any atom is 0.225 e. The standard InChI is InChI=1S/C30H36ClN3O2/c1-30(2,3)24-11-14-27(35)26(21-24)32-28(36)15-16-33-17-19-34(20-18-33)29(22-7-5-4-6-8-22)23-9-12-25(31)13-10-23/h4-14,21,29,35H,15-20H2,1-3H3,(H,32,36). The minimum atomic E-state index is -0.0814. The molecule has 0 radical (unpaired) electrons. The summed E-state index contributed by atoms with van der Waals surface area (Å²) in [4.78, 5) is 17.5. The quantitative estimate of drug-likeness (QED) is 0.382. The van der Waals surface area contributed by atoms with E-state index in [9.17, 15) is 9.90 Å². The van der Waals surface area contributed by atoms with Gasteiger partial charge in [0.15, 0.2) is 0 Å². The number of nitrogens with zero attached hydrogens (tertiary/aromatic N) is 2. The van der Waals surface area contributed by atoms with Gasteiger partial charge >= 0.3 is 0 Å². The van der Waals surface area contributed by atoms with E-state index < -0.39 is 0 Å². The highest BCUT2D eigenvalue weighted by Gasteiger charge is 2.26. The summed E-state index contributed by atoms with van der Waals surface area (Å²) in [5.41, 5.74) is 3.99.